The van der Waals surface area contributed by atoms with Crippen LogP contribution in [0.2, 0.25) is 0 Å². The average Bonchev–Trinajstić information content (AvgIpc) is 2.76. The Morgan fingerprint density at radius 3 is 2.32 bits per heavy atom. The number of benzene rings is 1. The molecule has 0 spiro atoms. The van der Waals surface area contributed by atoms with Crippen molar-refractivity contribution in [1.82, 2.24) is 9.97 Å². The van der Waals surface area contributed by atoms with Crippen molar-refractivity contribution >= 4 is 22.0 Å². The number of rotatable bonds is 12. The van der Waals surface area contributed by atoms with Crippen molar-refractivity contribution in [1.29, 1.82) is 0 Å². The van der Waals surface area contributed by atoms with Gasteiger partial charge in [-0.15, -0.1) is 0 Å². The van der Waals surface area contributed by atoms with Crippen LogP contribution in [0.25, 0.3) is 17.3 Å². The van der Waals surface area contributed by atoms with Crippen LogP contribution in [0.4, 0.5) is 10.3 Å². The van der Waals surface area contributed by atoms with E-state index < -0.39 is 28.0 Å². The molecule has 0 saturated heterocycles. The largest absolute Gasteiger partial charge is 0.393 e. The minimum atomic E-state index is -3.60. The van der Waals surface area contributed by atoms with Gasteiger partial charge in [0.1, 0.15) is 5.82 Å². The summed E-state index contributed by atoms with van der Waals surface area (Å²) in [5, 5.41) is 20.7. The van der Waals surface area contributed by atoms with Gasteiger partial charge in [-0.3, -0.25) is 0 Å². The lowest BCUT2D eigenvalue weighted by Gasteiger charge is -2.20. The predicted molar refractivity (Wildman–Crippen MR) is 135 cm³/mol. The van der Waals surface area contributed by atoms with Gasteiger partial charge in [0.25, 0.3) is 0 Å². The zero-order chi connectivity index (χ0) is 25.5. The quantitative estimate of drug-likeness (QED) is 0.422. The van der Waals surface area contributed by atoms with Crippen molar-refractivity contribution < 1.29 is 23.0 Å². The van der Waals surface area contributed by atoms with Gasteiger partial charge in [0.2, 0.25) is 16.0 Å². The maximum absolute atomic E-state index is 13.6. The first-order valence-electron chi connectivity index (χ1n) is 11.6. The molecule has 2 atom stereocenters. The molecule has 7 nitrogen and oxygen atoms in total. The fourth-order valence-electron chi connectivity index (χ4n) is 3.51. The number of aromatic nitrogens is 2. The van der Waals surface area contributed by atoms with E-state index in [0.29, 0.717) is 28.9 Å². The van der Waals surface area contributed by atoms with Gasteiger partial charge in [0.05, 0.1) is 29.9 Å². The molecule has 0 aliphatic heterocycles. The van der Waals surface area contributed by atoms with Gasteiger partial charge >= 0.3 is 0 Å². The van der Waals surface area contributed by atoms with Gasteiger partial charge in [-0.1, -0.05) is 52.2 Å². The third-order valence-corrected chi connectivity index (χ3v) is 6.70. The molecule has 0 aliphatic carbocycles. The Balaban J connectivity index is 2.52. The molecule has 2 aromatic rings. The molecule has 188 valence electrons. The lowest BCUT2D eigenvalue weighted by molar-refractivity contribution is 0.0961. The van der Waals surface area contributed by atoms with Crippen LogP contribution in [0.1, 0.15) is 70.1 Å². The molecule has 0 fully saturated rings. The van der Waals surface area contributed by atoms with E-state index in [1.807, 2.05) is 13.8 Å². The fraction of sp³-hybridized carbons (Fsp3) is 0.520. The number of unbranched alkanes of at least 4 members (excludes halogenated alkanes) is 2. The Labute approximate surface area is 202 Å². The Morgan fingerprint density at radius 2 is 1.76 bits per heavy atom. The van der Waals surface area contributed by atoms with Crippen LogP contribution in [0.5, 0.6) is 0 Å². The van der Waals surface area contributed by atoms with E-state index in [4.69, 9.17) is 0 Å². The summed E-state index contributed by atoms with van der Waals surface area (Å²) in [5.74, 6) is -0.486. The Bertz CT molecular complexity index is 1070. The highest BCUT2D eigenvalue weighted by molar-refractivity contribution is 7.92. The molecule has 34 heavy (non-hydrogen) atoms. The number of anilines is 1. The van der Waals surface area contributed by atoms with Gasteiger partial charge in [-0.05, 0) is 36.6 Å². The van der Waals surface area contributed by atoms with Crippen LogP contribution in [0.15, 0.2) is 30.3 Å². The van der Waals surface area contributed by atoms with Crippen LogP contribution < -0.4 is 4.31 Å². The maximum Gasteiger partial charge on any atom is 0.239 e. The smallest absolute Gasteiger partial charge is 0.239 e. The van der Waals surface area contributed by atoms with Crippen molar-refractivity contribution in [2.45, 2.75) is 71.0 Å². The molecular weight excluding hydrogens is 457 g/mol. The van der Waals surface area contributed by atoms with E-state index in [9.17, 15) is 23.0 Å². The highest BCUT2D eigenvalue weighted by atomic mass is 32.2. The van der Waals surface area contributed by atoms with Gasteiger partial charge < -0.3 is 10.2 Å². The predicted octanol–water partition coefficient (Wildman–Crippen LogP) is 4.51. The number of halogens is 1. The SMILES string of the molecule is CCCCC[C@H](O)C[C@H](O)/C=C/c1c(-c2ccc(F)cc2)nc(N(C)S(C)(=O)=O)nc1C(C)C. The first-order chi connectivity index (χ1) is 15.9. The molecule has 2 rings (SSSR count). The van der Waals surface area contributed by atoms with Gasteiger partial charge in [0.15, 0.2) is 0 Å². The summed E-state index contributed by atoms with van der Waals surface area (Å²) in [6, 6.07) is 5.75. The summed E-state index contributed by atoms with van der Waals surface area (Å²) in [4.78, 5) is 9.01. The van der Waals surface area contributed by atoms with Gasteiger partial charge in [-0.2, -0.15) is 0 Å². The Morgan fingerprint density at radius 1 is 1.12 bits per heavy atom. The number of hydrogen-bond acceptors (Lipinski definition) is 6. The zero-order valence-electron chi connectivity index (χ0n) is 20.6. The Kier molecular flexibility index (Phi) is 10.1. The fourth-order valence-corrected chi connectivity index (χ4v) is 3.89. The van der Waals surface area contributed by atoms with Crippen molar-refractivity contribution in [3.8, 4) is 11.3 Å². The number of aliphatic hydroxyl groups is 2. The summed E-state index contributed by atoms with van der Waals surface area (Å²) in [6.07, 6.45) is 6.71. The second kappa shape index (κ2) is 12.4. The number of nitrogens with zero attached hydrogens (tertiary/aromatic N) is 3. The third kappa shape index (κ3) is 7.85. The Hall–Kier alpha value is -2.36. The van der Waals surface area contributed by atoms with E-state index in [2.05, 4.69) is 16.9 Å². The monoisotopic (exact) mass is 493 g/mol. The van der Waals surface area contributed by atoms with Gasteiger partial charge in [-0.25, -0.2) is 27.1 Å². The number of hydrogen-bond donors (Lipinski definition) is 2. The van der Waals surface area contributed by atoms with Crippen molar-refractivity contribution in [3.63, 3.8) is 0 Å². The lowest BCUT2D eigenvalue weighted by atomic mass is 9.97. The summed E-state index contributed by atoms with van der Waals surface area (Å²) >= 11 is 0. The van der Waals surface area contributed by atoms with E-state index in [0.717, 1.165) is 29.8 Å². The standard InChI is InChI=1S/C25H36FN3O4S/c1-6-7-8-9-20(30)16-21(31)14-15-22-23(17(2)3)27-25(29(4)34(5,32)33)28-24(22)18-10-12-19(26)13-11-18/h10-15,17,20-21,30-31H,6-9,16H2,1-5H3/b15-14+/t20-,21+/m0/s1. The number of aliphatic hydroxyl groups excluding tert-OH is 2. The first kappa shape index (κ1) is 27.9. The second-order valence-corrected chi connectivity index (χ2v) is 10.9. The van der Waals surface area contributed by atoms with Crippen LogP contribution >= 0.6 is 0 Å². The lowest BCUT2D eigenvalue weighted by Crippen LogP contribution is -2.27. The minimum absolute atomic E-state index is 0.00886. The van der Waals surface area contributed by atoms with E-state index in [1.54, 1.807) is 24.3 Å². The molecule has 0 radical (unpaired) electrons. The molecule has 0 unspecified atom stereocenters. The zero-order valence-corrected chi connectivity index (χ0v) is 21.4. The molecule has 9 heteroatoms. The van der Waals surface area contributed by atoms with Gasteiger partial charge in [0, 0.05) is 24.6 Å². The van der Waals surface area contributed by atoms with Crippen LogP contribution in [0.3, 0.4) is 0 Å². The summed E-state index contributed by atoms with van der Waals surface area (Å²) in [5.41, 5.74) is 2.21. The van der Waals surface area contributed by atoms with Crippen molar-refractivity contribution in [3.05, 3.63) is 47.4 Å². The molecular formula is C25H36FN3O4S. The maximum atomic E-state index is 13.6. The van der Waals surface area contributed by atoms with E-state index >= 15 is 0 Å². The van der Waals surface area contributed by atoms with E-state index in [-0.39, 0.29) is 18.3 Å². The molecule has 1 aromatic heterocycles. The van der Waals surface area contributed by atoms with E-state index in [1.165, 1.54) is 19.2 Å². The average molecular weight is 494 g/mol. The molecule has 0 aliphatic rings. The van der Waals surface area contributed by atoms with Crippen LogP contribution in [-0.2, 0) is 10.0 Å². The first-order valence-corrected chi connectivity index (χ1v) is 13.4. The number of sulfonamides is 1. The molecule has 2 N–H and O–H groups in total. The normalized spacial score (nSPS) is 14.0. The van der Waals surface area contributed by atoms with Crippen LogP contribution in [0, 0.1) is 5.82 Å². The van der Waals surface area contributed by atoms with Crippen molar-refractivity contribution in [2.24, 2.45) is 0 Å². The molecule has 0 bridgehead atoms. The summed E-state index contributed by atoms with van der Waals surface area (Å²) in [7, 11) is -2.23. The van der Waals surface area contributed by atoms with Crippen LogP contribution in [-0.4, -0.2) is 54.1 Å². The highest BCUT2D eigenvalue weighted by Crippen LogP contribution is 2.31. The minimum Gasteiger partial charge on any atom is -0.393 e. The molecule has 1 aromatic carbocycles. The van der Waals surface area contributed by atoms with Crippen molar-refractivity contribution in [2.75, 3.05) is 17.6 Å². The molecule has 1 heterocycles. The molecule has 0 amide bonds. The molecule has 0 saturated carbocycles. The second-order valence-electron chi connectivity index (χ2n) is 8.87. The topological polar surface area (TPSA) is 104 Å². The highest BCUT2D eigenvalue weighted by Gasteiger charge is 2.22. The summed E-state index contributed by atoms with van der Waals surface area (Å²) in [6.45, 7) is 5.94. The third-order valence-electron chi connectivity index (χ3n) is 5.55. The summed E-state index contributed by atoms with van der Waals surface area (Å²) < 4.78 is 38.8.